The average Bonchev–Trinajstić information content (AvgIpc) is 3.31. The molecule has 7 aliphatic rings. The van der Waals surface area contributed by atoms with Gasteiger partial charge in [0.05, 0.1) is 0 Å². The Balaban J connectivity index is 1.09. The van der Waals surface area contributed by atoms with Gasteiger partial charge in [-0.15, -0.1) is 0 Å². The quantitative estimate of drug-likeness (QED) is 0.264. The van der Waals surface area contributed by atoms with E-state index in [0.29, 0.717) is 12.0 Å². The molecule has 1 heterocycles. The second kappa shape index (κ2) is 16.5. The van der Waals surface area contributed by atoms with E-state index in [9.17, 15) is 0 Å². The van der Waals surface area contributed by atoms with Crippen molar-refractivity contribution >= 4 is 0 Å². The first-order valence-electron chi connectivity index (χ1n) is 22.7. The van der Waals surface area contributed by atoms with Gasteiger partial charge in [0.1, 0.15) is 0 Å². The van der Waals surface area contributed by atoms with Crippen LogP contribution in [0.2, 0.25) is 0 Å². The van der Waals surface area contributed by atoms with E-state index in [4.69, 9.17) is 0 Å². The molecule has 0 bridgehead atoms. The number of hydrogen-bond acceptors (Lipinski definition) is 1. The number of nitrogens with one attached hydrogen (secondary N) is 1. The van der Waals surface area contributed by atoms with E-state index in [2.05, 4.69) is 77.2 Å². The fourth-order valence-corrected chi connectivity index (χ4v) is 13.6. The minimum atomic E-state index is 0.146. The summed E-state index contributed by atoms with van der Waals surface area (Å²) in [7, 11) is 0. The van der Waals surface area contributed by atoms with E-state index < -0.39 is 0 Å². The van der Waals surface area contributed by atoms with Crippen LogP contribution in [0.3, 0.4) is 0 Å². The van der Waals surface area contributed by atoms with Crippen molar-refractivity contribution in [3.8, 4) is 0 Å². The molecule has 12 atom stereocenters. The highest BCUT2D eigenvalue weighted by molar-refractivity contribution is 5.21. The van der Waals surface area contributed by atoms with E-state index in [1.165, 1.54) is 135 Å². The van der Waals surface area contributed by atoms with Crippen molar-refractivity contribution in [3.63, 3.8) is 0 Å². The highest BCUT2D eigenvalue weighted by Gasteiger charge is 2.43. The lowest BCUT2D eigenvalue weighted by Gasteiger charge is -2.46. The third kappa shape index (κ3) is 8.49. The highest BCUT2D eigenvalue weighted by atomic mass is 15.0. The average molecular weight is 682 g/mol. The summed E-state index contributed by atoms with van der Waals surface area (Å²) < 4.78 is 0. The Hall–Kier alpha value is -1.08. The first-order chi connectivity index (χ1) is 24.2. The van der Waals surface area contributed by atoms with Crippen molar-refractivity contribution in [1.29, 1.82) is 0 Å². The Morgan fingerprint density at radius 2 is 1.54 bits per heavy atom. The van der Waals surface area contributed by atoms with Gasteiger partial charge in [-0.25, -0.2) is 0 Å². The summed E-state index contributed by atoms with van der Waals surface area (Å²) in [5.41, 5.74) is 5.47. The van der Waals surface area contributed by atoms with Gasteiger partial charge < -0.3 is 5.32 Å². The predicted octanol–water partition coefficient (Wildman–Crippen LogP) is 13.8. The summed E-state index contributed by atoms with van der Waals surface area (Å²) in [5.74, 6) is 10.2. The molecule has 7 rings (SSSR count). The third-order valence-corrected chi connectivity index (χ3v) is 16.8. The molecule has 1 heteroatoms. The van der Waals surface area contributed by atoms with Crippen molar-refractivity contribution in [3.05, 3.63) is 47.1 Å². The maximum Gasteiger partial charge on any atom is 0.0366 e. The molecular weight excluding hydrogens is 603 g/mol. The van der Waals surface area contributed by atoms with Gasteiger partial charge in [-0.2, -0.15) is 0 Å². The molecular formula is C49H79N. The molecule has 0 spiro atoms. The van der Waals surface area contributed by atoms with E-state index in [1.54, 1.807) is 5.57 Å². The van der Waals surface area contributed by atoms with Gasteiger partial charge in [-0.1, -0.05) is 120 Å². The van der Waals surface area contributed by atoms with Gasteiger partial charge in [0.15, 0.2) is 0 Å². The Morgan fingerprint density at radius 3 is 2.28 bits per heavy atom. The van der Waals surface area contributed by atoms with Crippen molar-refractivity contribution in [1.82, 2.24) is 5.32 Å². The van der Waals surface area contributed by atoms with Gasteiger partial charge in [-0.05, 0) is 175 Å². The van der Waals surface area contributed by atoms with Crippen LogP contribution in [0.1, 0.15) is 176 Å². The zero-order chi connectivity index (χ0) is 34.8. The maximum absolute atomic E-state index is 4.52. The van der Waals surface area contributed by atoms with Crippen molar-refractivity contribution < 1.29 is 0 Å². The van der Waals surface area contributed by atoms with Crippen LogP contribution < -0.4 is 5.32 Å². The number of allylic oxidation sites excluding steroid dienone is 7. The number of rotatable bonds is 7. The summed E-state index contributed by atoms with van der Waals surface area (Å²) in [6.45, 7) is 15.4. The monoisotopic (exact) mass is 682 g/mol. The lowest BCUT2D eigenvalue weighted by atomic mass is 9.59. The van der Waals surface area contributed by atoms with Crippen LogP contribution in [0.4, 0.5) is 0 Å². The SMILES string of the molecule is CC1=CCCC(C2=CCC(C3CC([C@@H]4CC(C(C)C5CCCCC5C5CCCCC5C)=C[C@H](C)C4)C=CC(C)(C4CCC(C)CC4)N3)CC2)C1. The maximum atomic E-state index is 4.52. The van der Waals surface area contributed by atoms with Crippen LogP contribution in [0, 0.1) is 71.0 Å². The third-order valence-electron chi connectivity index (χ3n) is 16.8. The molecule has 6 aliphatic carbocycles. The van der Waals surface area contributed by atoms with Gasteiger partial charge in [0.2, 0.25) is 0 Å². The fraction of sp³-hybridized carbons (Fsp3) is 0.837. The summed E-state index contributed by atoms with van der Waals surface area (Å²) in [6, 6.07) is 0.641. The summed E-state index contributed by atoms with van der Waals surface area (Å²) in [6.07, 6.45) is 43.4. The largest absolute Gasteiger partial charge is 0.305 e. The molecule has 1 N–H and O–H groups in total. The van der Waals surface area contributed by atoms with E-state index >= 15 is 0 Å². The van der Waals surface area contributed by atoms with E-state index in [1.807, 2.05) is 11.1 Å². The van der Waals surface area contributed by atoms with Crippen LogP contribution in [-0.2, 0) is 0 Å². The van der Waals surface area contributed by atoms with Gasteiger partial charge in [0.25, 0.3) is 0 Å². The Morgan fingerprint density at radius 1 is 0.780 bits per heavy atom. The van der Waals surface area contributed by atoms with Crippen LogP contribution in [0.15, 0.2) is 47.1 Å². The normalized spacial score (nSPS) is 45.5. The van der Waals surface area contributed by atoms with Gasteiger partial charge in [-0.3, -0.25) is 0 Å². The molecule has 3 fully saturated rings. The van der Waals surface area contributed by atoms with Crippen LogP contribution in [-0.4, -0.2) is 11.6 Å². The fourth-order valence-electron chi connectivity index (χ4n) is 13.6. The first-order valence-corrected chi connectivity index (χ1v) is 22.7. The van der Waals surface area contributed by atoms with Gasteiger partial charge >= 0.3 is 0 Å². The van der Waals surface area contributed by atoms with Crippen molar-refractivity contribution in [2.75, 3.05) is 0 Å². The second-order valence-electron chi connectivity index (χ2n) is 20.3. The summed E-state index contributed by atoms with van der Waals surface area (Å²) in [4.78, 5) is 0. The lowest BCUT2D eigenvalue weighted by molar-refractivity contribution is 0.0664. The minimum Gasteiger partial charge on any atom is -0.305 e. The molecule has 1 aliphatic heterocycles. The molecule has 0 radical (unpaired) electrons. The molecule has 1 nitrogen and oxygen atoms in total. The molecule has 50 heavy (non-hydrogen) atoms. The lowest BCUT2D eigenvalue weighted by Crippen LogP contribution is -2.54. The predicted molar refractivity (Wildman–Crippen MR) is 216 cm³/mol. The van der Waals surface area contributed by atoms with Crippen molar-refractivity contribution in [2.45, 2.75) is 188 Å². The molecule has 0 aromatic heterocycles. The van der Waals surface area contributed by atoms with Crippen molar-refractivity contribution in [2.24, 2.45) is 71.0 Å². The zero-order valence-electron chi connectivity index (χ0n) is 33.7. The first kappa shape index (κ1) is 37.2. The standard InChI is InChI=1S/C49H79N/c1-33-18-24-44(25-19-33)49(6)27-26-41(32-48(50-49)39-22-20-38(21-23-39)40-14-11-12-34(2)28-40)43-30-35(3)29-42(31-43)37(5)46-16-9-10-17-47(46)45-15-8-7-13-36(45)4/h12,20,26-27,29,33,35-37,39-41,43-48,50H,7-11,13-19,21-25,28,30-32H2,1-6H3/t33?,35-,36?,37?,39?,40?,41?,43-,44?,45?,46?,47?,48?,49?/m0/s1. The van der Waals surface area contributed by atoms with Crippen LogP contribution >= 0.6 is 0 Å². The molecule has 0 amide bonds. The Labute approximate surface area is 310 Å². The smallest absolute Gasteiger partial charge is 0.0366 e. The Bertz CT molecular complexity index is 1240. The molecule has 280 valence electrons. The molecule has 3 saturated carbocycles. The second-order valence-corrected chi connectivity index (χ2v) is 20.3. The van der Waals surface area contributed by atoms with Crippen LogP contribution in [0.5, 0.6) is 0 Å². The Kier molecular flexibility index (Phi) is 12.3. The topological polar surface area (TPSA) is 12.0 Å². The summed E-state index contributed by atoms with van der Waals surface area (Å²) >= 11 is 0. The van der Waals surface area contributed by atoms with E-state index in [0.717, 1.165) is 65.1 Å². The molecule has 10 unspecified atom stereocenters. The zero-order valence-corrected chi connectivity index (χ0v) is 33.7. The molecule has 0 aromatic rings. The molecule has 0 saturated heterocycles. The minimum absolute atomic E-state index is 0.146. The van der Waals surface area contributed by atoms with E-state index in [-0.39, 0.29) is 5.54 Å². The molecule has 0 aromatic carbocycles. The number of hydrogen-bond donors (Lipinski definition) is 1. The highest BCUT2D eigenvalue weighted by Crippen LogP contribution is 2.51. The van der Waals surface area contributed by atoms with Gasteiger partial charge in [0, 0.05) is 11.6 Å². The van der Waals surface area contributed by atoms with Crippen LogP contribution in [0.25, 0.3) is 0 Å². The summed E-state index contributed by atoms with van der Waals surface area (Å²) in [5, 5.41) is 4.52.